The number of fused-ring (bicyclic) bond motifs is 2. The van der Waals surface area contributed by atoms with Gasteiger partial charge in [-0.2, -0.15) is 0 Å². The predicted octanol–water partition coefficient (Wildman–Crippen LogP) is 6.18. The van der Waals surface area contributed by atoms with Gasteiger partial charge in [0.1, 0.15) is 24.2 Å². The Morgan fingerprint density at radius 1 is 0.963 bits per heavy atom. The van der Waals surface area contributed by atoms with Gasteiger partial charge >= 0.3 is 6.09 Å². The van der Waals surface area contributed by atoms with Crippen LogP contribution in [0.4, 0.5) is 16.2 Å². The van der Waals surface area contributed by atoms with Gasteiger partial charge in [0.25, 0.3) is 5.91 Å². The average molecular weight is 744 g/mol. The number of rotatable bonds is 11. The molecule has 3 aliphatic rings. The molecule has 8 rings (SSSR count). The number of nitrogens with zero attached hydrogens (tertiary/aromatic N) is 5. The molecule has 5 aromatic rings. The van der Waals surface area contributed by atoms with Crippen molar-refractivity contribution in [3.8, 4) is 5.75 Å². The second-order valence-electron chi connectivity index (χ2n) is 15.0. The van der Waals surface area contributed by atoms with Crippen molar-refractivity contribution >= 4 is 36.6 Å². The lowest BCUT2D eigenvalue weighted by Crippen LogP contribution is -2.51. The molecule has 5 atom stereocenters. The van der Waals surface area contributed by atoms with Crippen LogP contribution in [0.25, 0.3) is 0 Å². The normalized spacial score (nSPS) is 22.9. The summed E-state index contributed by atoms with van der Waals surface area (Å²) in [4.78, 5) is 30.8. The summed E-state index contributed by atoms with van der Waals surface area (Å²) in [5, 5.41) is 20.9. The van der Waals surface area contributed by atoms with Crippen LogP contribution in [0.3, 0.4) is 0 Å². The highest BCUT2D eigenvalue weighted by molar-refractivity contribution is 6.91. The molecule has 0 saturated carbocycles. The molecule has 2 saturated heterocycles. The lowest BCUT2D eigenvalue weighted by atomic mass is 9.82. The van der Waals surface area contributed by atoms with Crippen molar-refractivity contribution in [3.05, 3.63) is 132 Å². The summed E-state index contributed by atoms with van der Waals surface area (Å²) >= 11 is 0. The van der Waals surface area contributed by atoms with Gasteiger partial charge in [0.15, 0.2) is 5.60 Å². The topological polar surface area (TPSA) is 119 Å². The van der Waals surface area contributed by atoms with Gasteiger partial charge in [0, 0.05) is 23.7 Å². The molecule has 0 radical (unpaired) electrons. The number of hydrogen-bond acceptors (Lipinski definition) is 8. The Labute approximate surface area is 316 Å². The number of carbonyl (C=O) groups is 2. The van der Waals surface area contributed by atoms with Gasteiger partial charge in [0.05, 0.1) is 46.3 Å². The minimum absolute atomic E-state index is 0.0558. The van der Waals surface area contributed by atoms with Gasteiger partial charge < -0.3 is 24.2 Å². The number of anilines is 2. The summed E-state index contributed by atoms with van der Waals surface area (Å²) in [6, 6.07) is 33.5. The summed E-state index contributed by atoms with van der Waals surface area (Å²) in [5.74, 6) is 0.583. The van der Waals surface area contributed by atoms with Crippen LogP contribution < -0.4 is 19.7 Å². The number of ether oxygens (including phenoxy) is 3. The number of methoxy groups -OCH3 is 1. The Kier molecular flexibility index (Phi) is 9.37. The molecule has 54 heavy (non-hydrogen) atoms. The van der Waals surface area contributed by atoms with E-state index in [1.807, 2.05) is 95.9 Å². The molecule has 11 nitrogen and oxygen atoms in total. The molecule has 0 bridgehead atoms. The van der Waals surface area contributed by atoms with Crippen LogP contribution in [-0.2, 0) is 33.0 Å². The lowest BCUT2D eigenvalue weighted by Gasteiger charge is -2.37. The molecule has 1 N–H and O–H groups in total. The maximum absolute atomic E-state index is 15.1. The van der Waals surface area contributed by atoms with Gasteiger partial charge in [-0.1, -0.05) is 103 Å². The zero-order valence-corrected chi connectivity index (χ0v) is 32.0. The van der Waals surface area contributed by atoms with Crippen LogP contribution in [0, 0.1) is 5.92 Å². The molecule has 3 aliphatic heterocycles. The summed E-state index contributed by atoms with van der Waals surface area (Å²) in [7, 11) is -0.676. The predicted molar refractivity (Wildman–Crippen MR) is 207 cm³/mol. The SMILES string of the molecule is COc1ccc([Si](C)(C)[C@H]2[C@H](CCn3cc([C@H](O)c4ccccc4)nn3)O[C@@]3(C(=O)N(Cc4ccc(N5CCOC5=O)cc4)c4ccccc43)[C@@H]2C)cc1. The van der Waals surface area contributed by atoms with E-state index in [1.54, 1.807) is 22.9 Å². The van der Waals surface area contributed by atoms with Gasteiger partial charge in [-0.05, 0) is 53.4 Å². The summed E-state index contributed by atoms with van der Waals surface area (Å²) < 4.78 is 19.7. The van der Waals surface area contributed by atoms with Gasteiger partial charge in [-0.15, -0.1) is 5.10 Å². The molecular formula is C42H45N5O6Si. The maximum Gasteiger partial charge on any atom is 0.414 e. The number of carbonyl (C=O) groups excluding carboxylic acids is 2. The molecule has 0 unspecified atom stereocenters. The highest BCUT2D eigenvalue weighted by Crippen LogP contribution is 2.60. The fourth-order valence-electron chi connectivity index (χ4n) is 8.90. The first-order valence-corrected chi connectivity index (χ1v) is 21.6. The number of hydrogen-bond donors (Lipinski definition) is 1. The maximum atomic E-state index is 15.1. The van der Waals surface area contributed by atoms with E-state index in [0.29, 0.717) is 38.4 Å². The van der Waals surface area contributed by atoms with Gasteiger partial charge in [-0.25, -0.2) is 4.79 Å². The van der Waals surface area contributed by atoms with E-state index >= 15 is 4.79 Å². The summed E-state index contributed by atoms with van der Waals surface area (Å²) in [6.07, 6.45) is 0.893. The highest BCUT2D eigenvalue weighted by atomic mass is 28.3. The van der Waals surface area contributed by atoms with Crippen molar-refractivity contribution in [2.45, 2.75) is 62.9 Å². The van der Waals surface area contributed by atoms with E-state index in [9.17, 15) is 9.90 Å². The quantitative estimate of drug-likeness (QED) is 0.160. The van der Waals surface area contributed by atoms with E-state index in [4.69, 9.17) is 14.2 Å². The lowest BCUT2D eigenvalue weighted by molar-refractivity contribution is -0.146. The number of amides is 2. The third-order valence-electron chi connectivity index (χ3n) is 11.7. The molecule has 1 spiro atoms. The Morgan fingerprint density at radius 2 is 1.69 bits per heavy atom. The summed E-state index contributed by atoms with van der Waals surface area (Å²) in [5.41, 5.74) is 3.55. The first kappa shape index (κ1) is 35.7. The zero-order chi connectivity index (χ0) is 37.6. The van der Waals surface area contributed by atoms with Crippen LogP contribution >= 0.6 is 0 Å². The molecule has 2 amide bonds. The van der Waals surface area contributed by atoms with E-state index in [1.165, 1.54) is 5.19 Å². The second kappa shape index (κ2) is 14.2. The monoisotopic (exact) mass is 743 g/mol. The molecule has 2 fully saturated rings. The van der Waals surface area contributed by atoms with Crippen LogP contribution in [0.5, 0.6) is 5.75 Å². The van der Waals surface area contributed by atoms with Crippen molar-refractivity contribution < 1.29 is 28.9 Å². The van der Waals surface area contributed by atoms with Gasteiger partial charge in [0.2, 0.25) is 0 Å². The van der Waals surface area contributed by atoms with E-state index in [0.717, 1.165) is 33.8 Å². The fraction of sp³-hybridized carbons (Fsp3) is 0.333. The number of aromatic nitrogens is 3. The minimum atomic E-state index is -2.35. The second-order valence-corrected chi connectivity index (χ2v) is 19.7. The fourth-order valence-corrected chi connectivity index (χ4v) is 13.0. The molecule has 278 valence electrons. The Hall–Kier alpha value is -5.30. The number of aryl methyl sites for hydroxylation is 1. The average Bonchev–Trinajstić information content (AvgIpc) is 3.97. The molecule has 4 aromatic carbocycles. The van der Waals surface area contributed by atoms with Crippen molar-refractivity contribution in [1.29, 1.82) is 0 Å². The Morgan fingerprint density at radius 3 is 2.39 bits per heavy atom. The van der Waals surface area contributed by atoms with Crippen molar-refractivity contribution in [2.24, 2.45) is 5.92 Å². The molecule has 12 heteroatoms. The van der Waals surface area contributed by atoms with Crippen molar-refractivity contribution in [2.75, 3.05) is 30.1 Å². The van der Waals surface area contributed by atoms with E-state index in [-0.39, 0.29) is 29.6 Å². The third kappa shape index (κ3) is 6.07. The number of benzene rings is 4. The first-order valence-electron chi connectivity index (χ1n) is 18.5. The van der Waals surface area contributed by atoms with E-state index in [2.05, 4.69) is 42.5 Å². The van der Waals surface area contributed by atoms with Crippen LogP contribution in [0.2, 0.25) is 18.6 Å². The largest absolute Gasteiger partial charge is 0.497 e. The molecule has 1 aromatic heterocycles. The Bertz CT molecular complexity index is 2140. The third-order valence-corrected chi connectivity index (χ3v) is 16.0. The number of aliphatic hydroxyl groups is 1. The van der Waals surface area contributed by atoms with E-state index < -0.39 is 19.8 Å². The minimum Gasteiger partial charge on any atom is -0.497 e. The Balaban J connectivity index is 1.11. The highest BCUT2D eigenvalue weighted by Gasteiger charge is 2.66. The van der Waals surface area contributed by atoms with Crippen LogP contribution in [0.1, 0.15) is 41.8 Å². The van der Waals surface area contributed by atoms with Crippen LogP contribution in [-0.4, -0.2) is 66.5 Å². The molecule has 4 heterocycles. The number of aliphatic hydroxyl groups excluding tert-OH is 1. The zero-order valence-electron chi connectivity index (χ0n) is 31.0. The standard InChI is InChI=1S/C42H45N5O6Si/c1-28-39(54(3,4)33-20-18-32(51-2)19-21-33)37(22-23-45-27-35(43-44-45)38(48)30-10-6-5-7-11-30)53-42(28)34-12-8-9-13-36(34)47(40(42)49)26-29-14-16-31(17-15-29)46-24-25-52-41(46)50/h5-21,27-28,37-39,48H,22-26H2,1-4H3/t28-,37+,38-,39-,42+/m1/s1. The number of cyclic esters (lactones) is 1. The van der Waals surface area contributed by atoms with Crippen LogP contribution in [0.15, 0.2) is 109 Å². The first-order chi connectivity index (χ1) is 26.1. The van der Waals surface area contributed by atoms with Crippen molar-refractivity contribution in [3.63, 3.8) is 0 Å². The molecular weight excluding hydrogens is 699 g/mol. The smallest absolute Gasteiger partial charge is 0.414 e. The molecule has 0 aliphatic carbocycles. The van der Waals surface area contributed by atoms with Crippen molar-refractivity contribution in [1.82, 2.24) is 15.0 Å². The summed E-state index contributed by atoms with van der Waals surface area (Å²) in [6.45, 7) is 8.68. The number of para-hydroxylation sites is 1. The van der Waals surface area contributed by atoms with Gasteiger partial charge in [-0.3, -0.25) is 14.4 Å².